The monoisotopic (exact) mass is 309 g/mol. The van der Waals surface area contributed by atoms with Crippen LogP contribution in [0.4, 0.5) is 0 Å². The minimum absolute atomic E-state index is 0.393. The molecule has 0 spiro atoms. The van der Waals surface area contributed by atoms with Crippen LogP contribution >= 0.6 is 0 Å². The van der Waals surface area contributed by atoms with Gasteiger partial charge in [0, 0.05) is 6.04 Å². The van der Waals surface area contributed by atoms with Crippen LogP contribution in [0.15, 0.2) is 0 Å². The maximum Gasteiger partial charge on any atom is 0.00390 e. The van der Waals surface area contributed by atoms with Crippen LogP contribution in [0.2, 0.25) is 0 Å². The van der Waals surface area contributed by atoms with Crippen LogP contribution in [0.25, 0.3) is 0 Å². The van der Waals surface area contributed by atoms with Crippen LogP contribution in [0.5, 0.6) is 0 Å². The highest BCUT2D eigenvalue weighted by atomic mass is 14.6. The van der Waals surface area contributed by atoms with Gasteiger partial charge in [0.25, 0.3) is 0 Å². The van der Waals surface area contributed by atoms with E-state index in [1.54, 1.807) is 0 Å². The van der Waals surface area contributed by atoms with Crippen LogP contribution in [0.1, 0.15) is 71.1 Å². The summed E-state index contributed by atoms with van der Waals surface area (Å²) in [4.78, 5) is 0. The zero-order valence-electron chi connectivity index (χ0n) is 14.7. The van der Waals surface area contributed by atoms with Gasteiger partial charge < -0.3 is 17.2 Å². The molecule has 130 valence electrons. The smallest absolute Gasteiger partial charge is 0.00390 e. The van der Waals surface area contributed by atoms with Crippen molar-refractivity contribution in [3.8, 4) is 0 Å². The standard InChI is InChI=1S/C19H39N3/c1-2-18(22)11-19(16-7-3-14(12-20)4-8-16)17-9-5-15(13-21)6-10-17/h14-19H,2-13,20-22H2,1H3. The summed E-state index contributed by atoms with van der Waals surface area (Å²) in [6.45, 7) is 4.00. The zero-order valence-corrected chi connectivity index (χ0v) is 14.7. The summed E-state index contributed by atoms with van der Waals surface area (Å²) in [6.07, 6.45) is 13.3. The summed E-state index contributed by atoms with van der Waals surface area (Å²) in [5.74, 6) is 4.22. The highest BCUT2D eigenvalue weighted by Crippen LogP contribution is 2.44. The number of hydrogen-bond acceptors (Lipinski definition) is 3. The van der Waals surface area contributed by atoms with E-state index in [9.17, 15) is 0 Å². The molecule has 0 heterocycles. The molecule has 0 saturated heterocycles. The first-order chi connectivity index (χ1) is 10.7. The molecular formula is C19H39N3. The molecule has 0 aromatic carbocycles. The van der Waals surface area contributed by atoms with E-state index >= 15 is 0 Å². The van der Waals surface area contributed by atoms with Gasteiger partial charge in [0.2, 0.25) is 0 Å². The lowest BCUT2D eigenvalue weighted by Gasteiger charge is -2.41. The molecule has 2 fully saturated rings. The Bertz CT molecular complexity index is 267. The van der Waals surface area contributed by atoms with Crippen LogP contribution in [-0.2, 0) is 0 Å². The van der Waals surface area contributed by atoms with E-state index in [1.807, 2.05) is 0 Å². The van der Waals surface area contributed by atoms with E-state index in [4.69, 9.17) is 17.2 Å². The van der Waals surface area contributed by atoms with Crippen molar-refractivity contribution in [3.05, 3.63) is 0 Å². The first-order valence-corrected chi connectivity index (χ1v) is 9.83. The molecule has 3 heteroatoms. The highest BCUT2D eigenvalue weighted by molar-refractivity contribution is 4.87. The van der Waals surface area contributed by atoms with Gasteiger partial charge in [-0.2, -0.15) is 0 Å². The van der Waals surface area contributed by atoms with Gasteiger partial charge in [0.15, 0.2) is 0 Å². The molecule has 0 radical (unpaired) electrons. The Morgan fingerprint density at radius 3 is 1.50 bits per heavy atom. The van der Waals surface area contributed by atoms with Crippen molar-refractivity contribution in [2.75, 3.05) is 13.1 Å². The lowest BCUT2D eigenvalue weighted by Crippen LogP contribution is -2.36. The number of nitrogens with two attached hydrogens (primary N) is 3. The number of hydrogen-bond donors (Lipinski definition) is 3. The molecule has 2 saturated carbocycles. The Kier molecular flexibility index (Phi) is 7.66. The molecule has 0 amide bonds. The van der Waals surface area contributed by atoms with Gasteiger partial charge in [-0.25, -0.2) is 0 Å². The van der Waals surface area contributed by atoms with Crippen molar-refractivity contribution >= 4 is 0 Å². The fourth-order valence-electron chi connectivity index (χ4n) is 4.99. The van der Waals surface area contributed by atoms with E-state index in [0.717, 1.165) is 49.1 Å². The lowest BCUT2D eigenvalue weighted by molar-refractivity contribution is 0.101. The Morgan fingerprint density at radius 1 is 0.773 bits per heavy atom. The molecule has 2 aliphatic carbocycles. The average Bonchev–Trinajstić information content (AvgIpc) is 2.59. The van der Waals surface area contributed by atoms with Crippen LogP contribution < -0.4 is 17.2 Å². The van der Waals surface area contributed by atoms with Gasteiger partial charge >= 0.3 is 0 Å². The fourth-order valence-corrected chi connectivity index (χ4v) is 4.99. The van der Waals surface area contributed by atoms with Gasteiger partial charge in [0.1, 0.15) is 0 Å². The maximum absolute atomic E-state index is 6.35. The molecule has 2 aliphatic rings. The van der Waals surface area contributed by atoms with Crippen LogP contribution in [0.3, 0.4) is 0 Å². The molecule has 1 atom stereocenters. The summed E-state index contributed by atoms with van der Waals surface area (Å²) in [5, 5.41) is 0. The largest absolute Gasteiger partial charge is 0.330 e. The van der Waals surface area contributed by atoms with Crippen LogP contribution in [0, 0.1) is 29.6 Å². The zero-order chi connectivity index (χ0) is 15.9. The lowest BCUT2D eigenvalue weighted by atomic mass is 9.65. The minimum Gasteiger partial charge on any atom is -0.330 e. The van der Waals surface area contributed by atoms with Gasteiger partial charge in [-0.05, 0) is 107 Å². The van der Waals surface area contributed by atoms with E-state index in [1.165, 1.54) is 57.8 Å². The van der Waals surface area contributed by atoms with Crippen LogP contribution in [-0.4, -0.2) is 19.1 Å². The first-order valence-electron chi connectivity index (χ1n) is 9.83. The molecule has 6 N–H and O–H groups in total. The molecule has 0 aromatic rings. The molecule has 0 aliphatic heterocycles. The summed E-state index contributed by atoms with van der Waals surface area (Å²) in [7, 11) is 0. The molecule has 0 bridgehead atoms. The molecule has 22 heavy (non-hydrogen) atoms. The topological polar surface area (TPSA) is 78.1 Å². The normalized spacial score (nSPS) is 36.0. The van der Waals surface area contributed by atoms with Gasteiger partial charge in [-0.3, -0.25) is 0 Å². The summed E-state index contributed by atoms with van der Waals surface area (Å²) >= 11 is 0. The average molecular weight is 310 g/mol. The molecule has 0 aromatic heterocycles. The van der Waals surface area contributed by atoms with Crippen molar-refractivity contribution in [1.82, 2.24) is 0 Å². The summed E-state index contributed by atoms with van der Waals surface area (Å²) < 4.78 is 0. The van der Waals surface area contributed by atoms with E-state index in [2.05, 4.69) is 6.92 Å². The second-order valence-electron chi connectivity index (χ2n) is 8.10. The van der Waals surface area contributed by atoms with Crippen molar-refractivity contribution in [3.63, 3.8) is 0 Å². The molecule has 3 nitrogen and oxygen atoms in total. The van der Waals surface area contributed by atoms with E-state index in [-0.39, 0.29) is 0 Å². The van der Waals surface area contributed by atoms with Gasteiger partial charge in [-0.1, -0.05) is 6.92 Å². The SMILES string of the molecule is CCC(N)CC(C1CCC(CN)CC1)C1CCC(CN)CC1. The molecule has 2 rings (SSSR count). The third-order valence-corrected chi connectivity index (χ3v) is 6.76. The predicted molar refractivity (Wildman–Crippen MR) is 95.4 cm³/mol. The Morgan fingerprint density at radius 2 is 1.18 bits per heavy atom. The van der Waals surface area contributed by atoms with Gasteiger partial charge in [0.05, 0.1) is 0 Å². The third-order valence-electron chi connectivity index (χ3n) is 6.76. The van der Waals surface area contributed by atoms with Crippen molar-refractivity contribution < 1.29 is 0 Å². The summed E-state index contributed by atoms with van der Waals surface area (Å²) in [6, 6.07) is 0.393. The quantitative estimate of drug-likeness (QED) is 0.675. The second kappa shape index (κ2) is 9.24. The third kappa shape index (κ3) is 4.94. The predicted octanol–water partition coefficient (Wildman–Crippen LogP) is 3.26. The van der Waals surface area contributed by atoms with E-state index < -0.39 is 0 Å². The Hall–Kier alpha value is -0.120. The molecular weight excluding hydrogens is 270 g/mol. The Labute approximate surface area is 137 Å². The summed E-state index contributed by atoms with van der Waals surface area (Å²) in [5.41, 5.74) is 18.1. The minimum atomic E-state index is 0.393. The second-order valence-corrected chi connectivity index (χ2v) is 8.10. The van der Waals surface area contributed by atoms with Crippen molar-refractivity contribution in [2.45, 2.75) is 77.2 Å². The fraction of sp³-hybridized carbons (Fsp3) is 1.00. The molecule has 1 unspecified atom stereocenters. The highest BCUT2D eigenvalue weighted by Gasteiger charge is 2.35. The van der Waals surface area contributed by atoms with Crippen molar-refractivity contribution in [2.24, 2.45) is 46.8 Å². The Balaban J connectivity index is 1.94. The first kappa shape index (κ1) is 18.2. The van der Waals surface area contributed by atoms with E-state index in [0.29, 0.717) is 6.04 Å². The van der Waals surface area contributed by atoms with Crippen molar-refractivity contribution in [1.29, 1.82) is 0 Å². The maximum atomic E-state index is 6.35. The number of rotatable bonds is 7. The van der Waals surface area contributed by atoms with Gasteiger partial charge in [-0.15, -0.1) is 0 Å².